The maximum Gasteiger partial charge on any atom is 0.275 e. The van der Waals surface area contributed by atoms with Crippen LogP contribution < -0.4 is 5.48 Å². The van der Waals surface area contributed by atoms with Crippen molar-refractivity contribution >= 4 is 5.91 Å². The molecule has 14 heavy (non-hydrogen) atoms. The molecule has 1 amide bonds. The van der Waals surface area contributed by atoms with Crippen LogP contribution in [0.4, 0.5) is 0 Å². The lowest BCUT2D eigenvalue weighted by Gasteiger charge is -2.07. The summed E-state index contributed by atoms with van der Waals surface area (Å²) in [5.41, 5.74) is 3.23. The summed E-state index contributed by atoms with van der Waals surface area (Å²) < 4.78 is 0. The molecule has 2 N–H and O–H groups in total. The van der Waals surface area contributed by atoms with Gasteiger partial charge in [-0.05, 0) is 26.0 Å². The van der Waals surface area contributed by atoms with E-state index in [9.17, 15) is 9.90 Å². The van der Waals surface area contributed by atoms with Crippen LogP contribution in [0.15, 0.2) is 18.2 Å². The Kier molecular flexibility index (Phi) is 3.48. The first-order valence-electron chi connectivity index (χ1n) is 4.37. The predicted molar refractivity (Wildman–Crippen MR) is 51.9 cm³/mol. The van der Waals surface area contributed by atoms with Gasteiger partial charge in [0.15, 0.2) is 0 Å². The number of hydrogen-bond acceptors (Lipinski definition) is 3. The molecule has 0 radical (unpaired) electrons. The second-order valence-corrected chi connectivity index (χ2v) is 2.81. The van der Waals surface area contributed by atoms with Crippen LogP contribution in [0.2, 0.25) is 0 Å². The topological polar surface area (TPSA) is 58.6 Å². The normalized spacial score (nSPS) is 9.86. The van der Waals surface area contributed by atoms with Gasteiger partial charge in [0.25, 0.3) is 5.91 Å². The van der Waals surface area contributed by atoms with E-state index in [-0.39, 0.29) is 11.7 Å². The molecule has 0 aliphatic carbocycles. The zero-order chi connectivity index (χ0) is 10.6. The lowest BCUT2D eigenvalue weighted by atomic mass is 10.1. The quantitative estimate of drug-likeness (QED) is 0.716. The lowest BCUT2D eigenvalue weighted by molar-refractivity contribution is 0.0363. The van der Waals surface area contributed by atoms with Crippen molar-refractivity contribution in [1.29, 1.82) is 0 Å². The molecule has 1 aromatic rings. The molecule has 0 saturated carbocycles. The zero-order valence-corrected chi connectivity index (χ0v) is 8.20. The monoisotopic (exact) mass is 195 g/mol. The summed E-state index contributed by atoms with van der Waals surface area (Å²) in [4.78, 5) is 16.2. The SMILES string of the molecule is CCONC(=O)c1cccc(O)c1C. The van der Waals surface area contributed by atoms with Crippen molar-refractivity contribution in [3.63, 3.8) is 0 Å². The van der Waals surface area contributed by atoms with E-state index in [4.69, 9.17) is 4.84 Å². The van der Waals surface area contributed by atoms with Gasteiger partial charge < -0.3 is 5.11 Å². The molecule has 0 saturated heterocycles. The minimum absolute atomic E-state index is 0.106. The van der Waals surface area contributed by atoms with Gasteiger partial charge >= 0.3 is 0 Å². The average molecular weight is 195 g/mol. The summed E-state index contributed by atoms with van der Waals surface area (Å²) in [6, 6.07) is 4.78. The summed E-state index contributed by atoms with van der Waals surface area (Å²) >= 11 is 0. The van der Waals surface area contributed by atoms with Gasteiger partial charge in [-0.2, -0.15) is 0 Å². The minimum atomic E-state index is -0.347. The molecule has 76 valence electrons. The third-order valence-corrected chi connectivity index (χ3v) is 1.86. The van der Waals surface area contributed by atoms with Gasteiger partial charge in [-0.1, -0.05) is 6.07 Å². The molecule has 0 aliphatic rings. The number of hydroxylamine groups is 1. The first-order valence-corrected chi connectivity index (χ1v) is 4.37. The number of rotatable bonds is 3. The maximum absolute atomic E-state index is 11.4. The molecule has 0 fully saturated rings. The Bertz CT molecular complexity index is 336. The molecule has 1 aromatic carbocycles. The highest BCUT2D eigenvalue weighted by atomic mass is 16.6. The standard InChI is InChI=1S/C10H13NO3/c1-3-14-11-10(13)8-5-4-6-9(12)7(8)2/h4-6,12H,3H2,1-2H3,(H,11,13). The fraction of sp³-hybridized carbons (Fsp3) is 0.300. The van der Waals surface area contributed by atoms with E-state index < -0.39 is 0 Å². The number of amides is 1. The number of nitrogens with one attached hydrogen (secondary N) is 1. The van der Waals surface area contributed by atoms with Crippen LogP contribution in [0.3, 0.4) is 0 Å². The van der Waals surface area contributed by atoms with Gasteiger partial charge in [-0.15, -0.1) is 0 Å². The Morgan fingerprint density at radius 1 is 1.57 bits per heavy atom. The maximum atomic E-state index is 11.4. The molecule has 0 heterocycles. The van der Waals surface area contributed by atoms with E-state index in [0.29, 0.717) is 17.7 Å². The van der Waals surface area contributed by atoms with E-state index >= 15 is 0 Å². The van der Waals surface area contributed by atoms with Crippen LogP contribution in [-0.4, -0.2) is 17.6 Å². The Labute approximate surface area is 82.5 Å². The van der Waals surface area contributed by atoms with Crippen molar-refractivity contribution in [2.75, 3.05) is 6.61 Å². The highest BCUT2D eigenvalue weighted by Crippen LogP contribution is 2.19. The van der Waals surface area contributed by atoms with Gasteiger partial charge in [0, 0.05) is 11.1 Å². The first-order chi connectivity index (χ1) is 6.66. The van der Waals surface area contributed by atoms with Crippen molar-refractivity contribution in [3.05, 3.63) is 29.3 Å². The summed E-state index contributed by atoms with van der Waals surface area (Å²) in [6.07, 6.45) is 0. The average Bonchev–Trinajstić information content (AvgIpc) is 2.18. The number of phenols is 1. The number of phenolic OH excluding ortho intramolecular Hbond substituents is 1. The molecule has 1 rings (SSSR count). The van der Waals surface area contributed by atoms with Crippen LogP contribution in [0, 0.1) is 6.92 Å². The van der Waals surface area contributed by atoms with Crippen molar-refractivity contribution < 1.29 is 14.7 Å². The molecule has 4 heteroatoms. The molecule has 0 unspecified atom stereocenters. The molecule has 0 aliphatic heterocycles. The van der Waals surface area contributed by atoms with Gasteiger partial charge in [0.2, 0.25) is 0 Å². The third-order valence-electron chi connectivity index (χ3n) is 1.86. The molecular formula is C10H13NO3. The Morgan fingerprint density at radius 3 is 2.93 bits per heavy atom. The van der Waals surface area contributed by atoms with Gasteiger partial charge in [-0.3, -0.25) is 9.63 Å². The molecule has 0 spiro atoms. The number of carbonyl (C=O) groups excluding carboxylic acids is 1. The number of hydrogen-bond donors (Lipinski definition) is 2. The largest absolute Gasteiger partial charge is 0.508 e. The van der Waals surface area contributed by atoms with Crippen LogP contribution in [0.25, 0.3) is 0 Å². The van der Waals surface area contributed by atoms with Crippen LogP contribution in [0.5, 0.6) is 5.75 Å². The highest BCUT2D eigenvalue weighted by Gasteiger charge is 2.10. The third kappa shape index (κ3) is 2.23. The summed E-state index contributed by atoms with van der Waals surface area (Å²) in [6.45, 7) is 3.86. The molecule has 0 aromatic heterocycles. The summed E-state index contributed by atoms with van der Waals surface area (Å²) in [7, 11) is 0. The van der Waals surface area contributed by atoms with Crippen molar-refractivity contribution in [3.8, 4) is 5.75 Å². The smallest absolute Gasteiger partial charge is 0.275 e. The summed E-state index contributed by atoms with van der Waals surface area (Å²) in [5, 5.41) is 9.35. The number of aromatic hydroxyl groups is 1. The Balaban J connectivity index is 2.84. The fourth-order valence-corrected chi connectivity index (χ4v) is 1.06. The van der Waals surface area contributed by atoms with E-state index in [1.165, 1.54) is 6.07 Å². The van der Waals surface area contributed by atoms with E-state index in [1.807, 2.05) is 0 Å². The molecule has 0 atom stereocenters. The Hall–Kier alpha value is -1.55. The van der Waals surface area contributed by atoms with Crippen LogP contribution in [-0.2, 0) is 4.84 Å². The minimum Gasteiger partial charge on any atom is -0.508 e. The number of carbonyl (C=O) groups is 1. The van der Waals surface area contributed by atoms with Crippen molar-refractivity contribution in [2.24, 2.45) is 0 Å². The van der Waals surface area contributed by atoms with E-state index in [2.05, 4.69) is 5.48 Å². The summed E-state index contributed by atoms with van der Waals surface area (Å²) in [5.74, 6) is -0.241. The molecule has 4 nitrogen and oxygen atoms in total. The van der Waals surface area contributed by atoms with Crippen molar-refractivity contribution in [1.82, 2.24) is 5.48 Å². The first kappa shape index (κ1) is 10.5. The van der Waals surface area contributed by atoms with Gasteiger partial charge in [0.1, 0.15) is 5.75 Å². The molecular weight excluding hydrogens is 182 g/mol. The van der Waals surface area contributed by atoms with Crippen molar-refractivity contribution in [2.45, 2.75) is 13.8 Å². The Morgan fingerprint density at radius 2 is 2.29 bits per heavy atom. The van der Waals surface area contributed by atoms with Crippen LogP contribution in [0.1, 0.15) is 22.8 Å². The van der Waals surface area contributed by atoms with Crippen LogP contribution >= 0.6 is 0 Å². The molecule has 0 bridgehead atoms. The van der Waals surface area contributed by atoms with Gasteiger partial charge in [-0.25, -0.2) is 5.48 Å². The van der Waals surface area contributed by atoms with E-state index in [0.717, 1.165) is 0 Å². The number of benzene rings is 1. The second kappa shape index (κ2) is 4.62. The van der Waals surface area contributed by atoms with Gasteiger partial charge in [0.05, 0.1) is 6.61 Å². The lowest BCUT2D eigenvalue weighted by Crippen LogP contribution is -2.24. The fourth-order valence-electron chi connectivity index (χ4n) is 1.06. The zero-order valence-electron chi connectivity index (χ0n) is 8.20. The second-order valence-electron chi connectivity index (χ2n) is 2.81. The van der Waals surface area contributed by atoms with E-state index in [1.54, 1.807) is 26.0 Å². The highest BCUT2D eigenvalue weighted by molar-refractivity contribution is 5.95. The predicted octanol–water partition coefficient (Wildman–Crippen LogP) is 1.38.